The maximum Gasteiger partial charge on any atom is 0.240 e. The molecule has 2 atom stereocenters. The van der Waals surface area contributed by atoms with Gasteiger partial charge in [0.2, 0.25) is 5.91 Å². The third-order valence-electron chi connectivity index (χ3n) is 3.94. The van der Waals surface area contributed by atoms with E-state index < -0.39 is 0 Å². The van der Waals surface area contributed by atoms with Crippen LogP contribution in [0, 0.1) is 5.92 Å². The van der Waals surface area contributed by atoms with Crippen molar-refractivity contribution in [2.75, 3.05) is 13.1 Å². The highest BCUT2D eigenvalue weighted by molar-refractivity contribution is 5.82. The Kier molecular flexibility index (Phi) is 6.69. The molecular weight excluding hydrogens is 224 g/mol. The van der Waals surface area contributed by atoms with Gasteiger partial charge in [-0.05, 0) is 45.6 Å². The van der Waals surface area contributed by atoms with E-state index in [0.29, 0.717) is 17.9 Å². The summed E-state index contributed by atoms with van der Waals surface area (Å²) in [6.07, 6.45) is 5.91. The van der Waals surface area contributed by atoms with Gasteiger partial charge in [-0.1, -0.05) is 26.7 Å². The maximum atomic E-state index is 12.6. The van der Waals surface area contributed by atoms with E-state index in [1.165, 1.54) is 25.7 Å². The van der Waals surface area contributed by atoms with Crippen molar-refractivity contribution < 1.29 is 4.79 Å². The predicted octanol–water partition coefficient (Wildman–Crippen LogP) is 2.80. The summed E-state index contributed by atoms with van der Waals surface area (Å²) < 4.78 is 0. The molecule has 2 unspecified atom stereocenters. The molecule has 3 nitrogen and oxygen atoms in total. The number of nitrogens with zero attached hydrogens (tertiary/aromatic N) is 1. The van der Waals surface area contributed by atoms with Gasteiger partial charge in [0, 0.05) is 12.6 Å². The second-order valence-electron chi connectivity index (χ2n) is 5.88. The fraction of sp³-hybridized carbons (Fsp3) is 0.933. The van der Waals surface area contributed by atoms with Crippen LogP contribution in [-0.4, -0.2) is 36.0 Å². The van der Waals surface area contributed by atoms with Crippen LogP contribution in [0.4, 0.5) is 0 Å². The highest BCUT2D eigenvalue weighted by Crippen LogP contribution is 2.18. The first-order chi connectivity index (χ1) is 8.57. The van der Waals surface area contributed by atoms with E-state index in [9.17, 15) is 4.79 Å². The van der Waals surface area contributed by atoms with Crippen LogP contribution in [0.5, 0.6) is 0 Å². The average Bonchev–Trinajstić information content (AvgIpc) is 2.34. The van der Waals surface area contributed by atoms with Gasteiger partial charge in [-0.2, -0.15) is 0 Å². The van der Waals surface area contributed by atoms with E-state index in [-0.39, 0.29) is 6.04 Å². The van der Waals surface area contributed by atoms with E-state index in [1.807, 2.05) is 0 Å². The van der Waals surface area contributed by atoms with Gasteiger partial charge in [0.05, 0.1) is 6.04 Å². The summed E-state index contributed by atoms with van der Waals surface area (Å²) in [5.74, 6) is 0.784. The first-order valence-electron chi connectivity index (χ1n) is 7.61. The van der Waals surface area contributed by atoms with Crippen molar-refractivity contribution >= 4 is 5.91 Å². The van der Waals surface area contributed by atoms with Gasteiger partial charge in [0.25, 0.3) is 0 Å². The summed E-state index contributed by atoms with van der Waals surface area (Å²) in [5, 5.41) is 3.40. The third kappa shape index (κ3) is 4.27. The Morgan fingerprint density at radius 3 is 2.67 bits per heavy atom. The van der Waals surface area contributed by atoms with E-state index in [4.69, 9.17) is 0 Å². The molecule has 106 valence electrons. The van der Waals surface area contributed by atoms with Crippen LogP contribution in [0.3, 0.4) is 0 Å². The Labute approximate surface area is 112 Å². The summed E-state index contributed by atoms with van der Waals surface area (Å²) in [7, 11) is 0. The van der Waals surface area contributed by atoms with Crippen LogP contribution < -0.4 is 5.32 Å². The minimum Gasteiger partial charge on any atom is -0.339 e. The Bertz CT molecular complexity index is 253. The molecular formula is C15H30N2O. The van der Waals surface area contributed by atoms with Gasteiger partial charge in [-0.25, -0.2) is 0 Å². The van der Waals surface area contributed by atoms with Gasteiger partial charge in [0.1, 0.15) is 0 Å². The van der Waals surface area contributed by atoms with Crippen molar-refractivity contribution in [2.24, 2.45) is 5.92 Å². The van der Waals surface area contributed by atoms with Crippen molar-refractivity contribution in [2.45, 2.75) is 71.9 Å². The fourth-order valence-electron chi connectivity index (χ4n) is 2.71. The van der Waals surface area contributed by atoms with Crippen LogP contribution in [0.15, 0.2) is 0 Å². The quantitative estimate of drug-likeness (QED) is 0.739. The number of piperidine rings is 1. The number of hydrogen-bond acceptors (Lipinski definition) is 2. The number of amides is 1. The van der Waals surface area contributed by atoms with Crippen molar-refractivity contribution in [3.05, 3.63) is 0 Å². The normalized spacial score (nSPS) is 24.3. The van der Waals surface area contributed by atoms with E-state index >= 15 is 0 Å². The number of carbonyl (C=O) groups excluding carboxylic acids is 1. The van der Waals surface area contributed by atoms with Gasteiger partial charge < -0.3 is 10.2 Å². The molecule has 1 fully saturated rings. The zero-order valence-electron chi connectivity index (χ0n) is 12.5. The zero-order chi connectivity index (χ0) is 13.5. The molecule has 0 spiro atoms. The van der Waals surface area contributed by atoms with Gasteiger partial charge in [0.15, 0.2) is 0 Å². The largest absolute Gasteiger partial charge is 0.339 e. The van der Waals surface area contributed by atoms with Gasteiger partial charge in [-0.3, -0.25) is 4.79 Å². The van der Waals surface area contributed by atoms with Crippen molar-refractivity contribution in [3.63, 3.8) is 0 Å². The highest BCUT2D eigenvalue weighted by Gasteiger charge is 2.31. The number of hydrogen-bond donors (Lipinski definition) is 1. The summed E-state index contributed by atoms with van der Waals surface area (Å²) in [6, 6.07) is 0.355. The molecule has 0 radical (unpaired) electrons. The molecule has 3 heteroatoms. The summed E-state index contributed by atoms with van der Waals surface area (Å²) in [5.41, 5.74) is 0. The van der Waals surface area contributed by atoms with E-state index in [1.54, 1.807) is 0 Å². The lowest BCUT2D eigenvalue weighted by Gasteiger charge is -2.36. The number of nitrogens with one attached hydrogen (secondary N) is 1. The summed E-state index contributed by atoms with van der Waals surface area (Å²) >= 11 is 0. The lowest BCUT2D eigenvalue weighted by atomic mass is 9.91. The molecule has 0 aromatic heterocycles. The molecule has 1 rings (SSSR count). The number of unbranched alkanes of at least 4 members (excludes halogenated alkanes) is 2. The highest BCUT2D eigenvalue weighted by atomic mass is 16.2. The lowest BCUT2D eigenvalue weighted by Crippen LogP contribution is -2.54. The lowest BCUT2D eigenvalue weighted by molar-refractivity contribution is -0.137. The molecule has 0 aromatic carbocycles. The summed E-state index contributed by atoms with van der Waals surface area (Å²) in [4.78, 5) is 14.7. The minimum absolute atomic E-state index is 0.0442. The Balaban J connectivity index is 2.57. The molecule has 0 bridgehead atoms. The first-order valence-corrected chi connectivity index (χ1v) is 7.61. The maximum absolute atomic E-state index is 12.6. The number of carbonyl (C=O) groups is 1. The Morgan fingerprint density at radius 2 is 2.11 bits per heavy atom. The molecule has 1 aliphatic rings. The Morgan fingerprint density at radius 1 is 1.39 bits per heavy atom. The van der Waals surface area contributed by atoms with E-state index in [0.717, 1.165) is 19.5 Å². The molecule has 1 aliphatic heterocycles. The average molecular weight is 254 g/mol. The van der Waals surface area contributed by atoms with Gasteiger partial charge in [-0.15, -0.1) is 0 Å². The smallest absolute Gasteiger partial charge is 0.240 e. The number of rotatable bonds is 6. The second-order valence-corrected chi connectivity index (χ2v) is 5.88. The summed E-state index contributed by atoms with van der Waals surface area (Å²) in [6.45, 7) is 10.5. The molecule has 0 aromatic rings. The molecule has 0 aliphatic carbocycles. The van der Waals surface area contributed by atoms with Crippen LogP contribution in [0.2, 0.25) is 0 Å². The van der Waals surface area contributed by atoms with E-state index in [2.05, 4.69) is 37.9 Å². The standard InChI is InChI=1S/C15H30N2O/c1-5-6-7-11-17(12(2)3)15(18)14-13(4)9-8-10-16-14/h12-14,16H,5-11H2,1-4H3. The first kappa shape index (κ1) is 15.5. The minimum atomic E-state index is 0.0442. The topological polar surface area (TPSA) is 32.3 Å². The predicted molar refractivity (Wildman–Crippen MR) is 76.6 cm³/mol. The SMILES string of the molecule is CCCCCN(C(=O)C1NCCCC1C)C(C)C. The van der Waals surface area contributed by atoms with Crippen molar-refractivity contribution in [1.29, 1.82) is 0 Å². The molecule has 1 N–H and O–H groups in total. The van der Waals surface area contributed by atoms with Crippen LogP contribution >= 0.6 is 0 Å². The molecule has 1 heterocycles. The van der Waals surface area contributed by atoms with Crippen LogP contribution in [0.25, 0.3) is 0 Å². The van der Waals surface area contributed by atoms with Gasteiger partial charge >= 0.3 is 0 Å². The van der Waals surface area contributed by atoms with Crippen LogP contribution in [0.1, 0.15) is 59.8 Å². The Hall–Kier alpha value is -0.570. The molecule has 18 heavy (non-hydrogen) atoms. The van der Waals surface area contributed by atoms with Crippen LogP contribution in [-0.2, 0) is 4.79 Å². The molecule has 0 saturated carbocycles. The van der Waals surface area contributed by atoms with Crippen molar-refractivity contribution in [3.8, 4) is 0 Å². The fourth-order valence-corrected chi connectivity index (χ4v) is 2.71. The van der Waals surface area contributed by atoms with Crippen molar-refractivity contribution in [1.82, 2.24) is 10.2 Å². The molecule has 1 saturated heterocycles. The molecule has 1 amide bonds. The zero-order valence-corrected chi connectivity index (χ0v) is 12.5. The monoisotopic (exact) mass is 254 g/mol. The second kappa shape index (κ2) is 7.78. The third-order valence-corrected chi connectivity index (χ3v) is 3.94.